The summed E-state index contributed by atoms with van der Waals surface area (Å²) in [7, 11) is 1.23. The third-order valence-corrected chi connectivity index (χ3v) is 2.39. The number of hydrogen-bond donors (Lipinski definition) is 0. The van der Waals surface area contributed by atoms with Crippen molar-refractivity contribution >= 4 is 17.8 Å². The van der Waals surface area contributed by atoms with Crippen LogP contribution in [0.5, 0.6) is 0 Å². The number of ether oxygens (including phenoxy) is 1. The summed E-state index contributed by atoms with van der Waals surface area (Å²) in [5.41, 5.74) is 0. The van der Waals surface area contributed by atoms with Crippen molar-refractivity contribution in [2.45, 2.75) is 20.0 Å². The molecule has 6 heteroatoms. The van der Waals surface area contributed by atoms with Gasteiger partial charge in [-0.05, 0) is 0 Å². The Balaban J connectivity index is 2.92. The third-order valence-electron chi connectivity index (χ3n) is 2.39. The van der Waals surface area contributed by atoms with Crippen LogP contribution in [0.4, 0.5) is 0 Å². The molecule has 0 aromatic carbocycles. The molecule has 0 N–H and O–H groups in total. The molecule has 15 heavy (non-hydrogen) atoms. The number of esters is 1. The van der Waals surface area contributed by atoms with E-state index in [2.05, 4.69) is 4.74 Å². The maximum Gasteiger partial charge on any atom is 0.349 e. The van der Waals surface area contributed by atoms with E-state index in [-0.39, 0.29) is 11.8 Å². The van der Waals surface area contributed by atoms with E-state index in [1.165, 1.54) is 30.8 Å². The van der Waals surface area contributed by atoms with Crippen molar-refractivity contribution in [1.29, 1.82) is 0 Å². The highest BCUT2D eigenvalue weighted by atomic mass is 16.5. The number of nitrogens with zero attached hydrogens (tertiary/aromatic N) is 2. The summed E-state index contributed by atoms with van der Waals surface area (Å²) in [6.07, 6.45) is -0.898. The van der Waals surface area contributed by atoms with Gasteiger partial charge in [0.1, 0.15) is 0 Å². The molecule has 6 nitrogen and oxygen atoms in total. The zero-order valence-corrected chi connectivity index (χ0v) is 9.02. The highest BCUT2D eigenvalue weighted by Crippen LogP contribution is 2.16. The van der Waals surface area contributed by atoms with Gasteiger partial charge in [0.05, 0.1) is 7.11 Å². The normalized spacial score (nSPS) is 16.7. The molecule has 1 saturated heterocycles. The monoisotopic (exact) mass is 214 g/mol. The van der Waals surface area contributed by atoms with Crippen LogP contribution in [0.25, 0.3) is 0 Å². The van der Waals surface area contributed by atoms with Crippen LogP contribution in [0.1, 0.15) is 13.8 Å². The minimum Gasteiger partial charge on any atom is -0.466 e. The van der Waals surface area contributed by atoms with Crippen molar-refractivity contribution in [3.05, 3.63) is 0 Å². The van der Waals surface area contributed by atoms with Gasteiger partial charge in [0.2, 0.25) is 18.0 Å². The van der Waals surface area contributed by atoms with Crippen molar-refractivity contribution in [1.82, 2.24) is 9.80 Å². The second kappa shape index (κ2) is 4.29. The van der Waals surface area contributed by atoms with Crippen LogP contribution >= 0.6 is 0 Å². The predicted octanol–water partition coefficient (Wildman–Crippen LogP) is -0.804. The summed E-state index contributed by atoms with van der Waals surface area (Å²) in [6, 6.07) is 0. The van der Waals surface area contributed by atoms with Gasteiger partial charge in [0.25, 0.3) is 0 Å². The molecule has 1 aliphatic rings. The fourth-order valence-corrected chi connectivity index (χ4v) is 1.65. The summed E-state index contributed by atoms with van der Waals surface area (Å²) in [5, 5.41) is 0. The summed E-state index contributed by atoms with van der Waals surface area (Å²) >= 11 is 0. The molecule has 84 valence electrons. The van der Waals surface area contributed by atoms with Gasteiger partial charge in [-0.25, -0.2) is 4.79 Å². The zero-order valence-electron chi connectivity index (χ0n) is 9.02. The van der Waals surface area contributed by atoms with E-state index in [1.54, 1.807) is 0 Å². The molecule has 0 unspecified atom stereocenters. The van der Waals surface area contributed by atoms with E-state index >= 15 is 0 Å². The van der Waals surface area contributed by atoms with Crippen molar-refractivity contribution in [3.8, 4) is 0 Å². The van der Waals surface area contributed by atoms with Crippen LogP contribution in [0.15, 0.2) is 0 Å². The van der Waals surface area contributed by atoms with Gasteiger partial charge in [0.15, 0.2) is 0 Å². The molecule has 0 spiro atoms. The lowest BCUT2D eigenvalue weighted by Gasteiger charge is -2.26. The van der Waals surface area contributed by atoms with Crippen LogP contribution in [0.2, 0.25) is 0 Å². The highest BCUT2D eigenvalue weighted by molar-refractivity contribution is 5.88. The minimum absolute atomic E-state index is 0.242. The molecule has 1 fully saturated rings. The Labute approximate surface area is 87.8 Å². The van der Waals surface area contributed by atoms with Crippen LogP contribution < -0.4 is 0 Å². The smallest absolute Gasteiger partial charge is 0.349 e. The van der Waals surface area contributed by atoms with Gasteiger partial charge in [-0.3, -0.25) is 9.59 Å². The van der Waals surface area contributed by atoms with E-state index in [9.17, 15) is 14.4 Å². The number of methoxy groups -OCH3 is 1. The Morgan fingerprint density at radius 3 is 1.73 bits per heavy atom. The molecule has 0 saturated carbocycles. The maximum atomic E-state index is 11.4. The number of hydrogen-bond acceptors (Lipinski definition) is 4. The standard InChI is InChI=1S/C9H14N2O4/c1-6(12)10-4-5-11(7(2)13)8(10)9(14)15-3/h8H,4-5H2,1-3H3. The number of rotatable bonds is 1. The maximum absolute atomic E-state index is 11.4. The van der Waals surface area contributed by atoms with Crippen LogP contribution in [-0.2, 0) is 19.1 Å². The molecule has 1 aliphatic heterocycles. The topological polar surface area (TPSA) is 66.9 Å². The molecule has 1 rings (SSSR count). The van der Waals surface area contributed by atoms with E-state index < -0.39 is 12.1 Å². The van der Waals surface area contributed by atoms with Crippen molar-refractivity contribution in [2.75, 3.05) is 20.2 Å². The fourth-order valence-electron chi connectivity index (χ4n) is 1.65. The van der Waals surface area contributed by atoms with E-state index in [0.29, 0.717) is 13.1 Å². The SMILES string of the molecule is COC(=O)C1N(C(C)=O)CCN1C(C)=O. The van der Waals surface area contributed by atoms with Crippen molar-refractivity contribution in [2.24, 2.45) is 0 Å². The number of carbonyl (C=O) groups excluding carboxylic acids is 3. The second-order valence-electron chi connectivity index (χ2n) is 3.32. The third kappa shape index (κ3) is 2.08. The molecular formula is C9H14N2O4. The van der Waals surface area contributed by atoms with Gasteiger partial charge in [-0.1, -0.05) is 0 Å². The fraction of sp³-hybridized carbons (Fsp3) is 0.667. The molecule has 1 heterocycles. The summed E-state index contributed by atoms with van der Waals surface area (Å²) in [5.74, 6) is -1.07. The number of carbonyl (C=O) groups is 3. The zero-order chi connectivity index (χ0) is 11.6. The van der Waals surface area contributed by atoms with Crippen LogP contribution in [0.3, 0.4) is 0 Å². The lowest BCUT2D eigenvalue weighted by Crippen LogP contribution is -2.48. The predicted molar refractivity (Wildman–Crippen MR) is 50.6 cm³/mol. The lowest BCUT2D eigenvalue weighted by molar-refractivity contribution is -0.159. The van der Waals surface area contributed by atoms with Gasteiger partial charge >= 0.3 is 5.97 Å². The second-order valence-corrected chi connectivity index (χ2v) is 3.32. The first-order chi connectivity index (χ1) is 6.99. The first kappa shape index (κ1) is 11.5. The molecule has 0 aromatic rings. The van der Waals surface area contributed by atoms with Crippen molar-refractivity contribution in [3.63, 3.8) is 0 Å². The minimum atomic E-state index is -0.898. The molecule has 0 aromatic heterocycles. The van der Waals surface area contributed by atoms with Gasteiger partial charge < -0.3 is 14.5 Å². The molecule has 0 radical (unpaired) electrons. The largest absolute Gasteiger partial charge is 0.466 e. The molecule has 0 atom stereocenters. The Morgan fingerprint density at radius 2 is 1.47 bits per heavy atom. The molecule has 0 bridgehead atoms. The van der Waals surface area contributed by atoms with E-state index in [4.69, 9.17) is 0 Å². The lowest BCUT2D eigenvalue weighted by atomic mass is 10.4. The number of amides is 2. The van der Waals surface area contributed by atoms with Gasteiger partial charge in [-0.2, -0.15) is 0 Å². The average Bonchev–Trinajstić information content (AvgIpc) is 2.60. The first-order valence-corrected chi connectivity index (χ1v) is 4.61. The van der Waals surface area contributed by atoms with E-state index in [0.717, 1.165) is 0 Å². The molecule has 0 aliphatic carbocycles. The quantitative estimate of drug-likeness (QED) is 0.536. The van der Waals surface area contributed by atoms with Gasteiger partial charge in [-0.15, -0.1) is 0 Å². The average molecular weight is 214 g/mol. The van der Waals surface area contributed by atoms with Gasteiger partial charge in [0, 0.05) is 26.9 Å². The summed E-state index contributed by atoms with van der Waals surface area (Å²) in [4.78, 5) is 36.5. The Hall–Kier alpha value is -1.59. The Morgan fingerprint density at radius 1 is 1.07 bits per heavy atom. The molecule has 2 amide bonds. The van der Waals surface area contributed by atoms with Crippen LogP contribution in [0, 0.1) is 0 Å². The summed E-state index contributed by atoms with van der Waals surface area (Å²) in [6.45, 7) is 3.46. The first-order valence-electron chi connectivity index (χ1n) is 4.61. The molecular weight excluding hydrogens is 200 g/mol. The Bertz CT molecular complexity index is 280. The van der Waals surface area contributed by atoms with E-state index in [1.807, 2.05) is 0 Å². The Kier molecular flexibility index (Phi) is 3.28. The van der Waals surface area contributed by atoms with Crippen molar-refractivity contribution < 1.29 is 19.1 Å². The van der Waals surface area contributed by atoms with Crippen LogP contribution in [-0.4, -0.2) is 53.9 Å². The highest BCUT2D eigenvalue weighted by Gasteiger charge is 2.40. The summed E-state index contributed by atoms with van der Waals surface area (Å²) < 4.78 is 4.57.